The van der Waals surface area contributed by atoms with Crippen molar-refractivity contribution in [3.05, 3.63) is 46.5 Å². The second-order valence-electron chi connectivity index (χ2n) is 5.81. The Morgan fingerprint density at radius 3 is 2.96 bits per heavy atom. The van der Waals surface area contributed by atoms with Crippen molar-refractivity contribution >= 4 is 28.4 Å². The number of H-pyrrole nitrogens is 1. The van der Waals surface area contributed by atoms with E-state index in [2.05, 4.69) is 20.3 Å². The number of aromatic nitrogens is 3. The zero-order valence-corrected chi connectivity index (χ0v) is 13.1. The van der Waals surface area contributed by atoms with Crippen molar-refractivity contribution in [2.45, 2.75) is 25.0 Å². The Kier molecular flexibility index (Phi) is 3.59. The molecule has 7 heteroatoms. The third kappa shape index (κ3) is 2.73. The molecule has 0 spiro atoms. The summed E-state index contributed by atoms with van der Waals surface area (Å²) in [5.41, 5.74) is 1.27. The van der Waals surface area contributed by atoms with Gasteiger partial charge < -0.3 is 15.4 Å². The smallest absolute Gasteiger partial charge is 0.287 e. The fourth-order valence-electron chi connectivity index (χ4n) is 2.95. The zero-order valence-electron chi connectivity index (χ0n) is 12.3. The van der Waals surface area contributed by atoms with Crippen LogP contribution in [0.5, 0.6) is 0 Å². The van der Waals surface area contributed by atoms with Crippen LogP contribution in [0.25, 0.3) is 11.2 Å². The van der Waals surface area contributed by atoms with Crippen molar-refractivity contribution in [3.63, 3.8) is 0 Å². The topological polar surface area (TPSA) is 90.9 Å². The first-order chi connectivity index (χ1) is 11.2. The number of nitrogens with zero attached hydrogens (tertiary/aromatic N) is 2. The molecule has 1 aliphatic rings. The highest BCUT2D eigenvalue weighted by Crippen LogP contribution is 2.39. The molecule has 1 fully saturated rings. The Hall–Kier alpha value is -2.25. The number of nitrogens with one attached hydrogen (secondary N) is 2. The largest absolute Gasteiger partial charge is 0.393 e. The number of thiophene rings is 1. The molecule has 1 saturated carbocycles. The lowest BCUT2D eigenvalue weighted by atomic mass is 9.77. The van der Waals surface area contributed by atoms with Gasteiger partial charge in [0.1, 0.15) is 0 Å². The van der Waals surface area contributed by atoms with Gasteiger partial charge in [0.15, 0.2) is 11.5 Å². The molecule has 3 N–H and O–H groups in total. The van der Waals surface area contributed by atoms with Crippen molar-refractivity contribution in [2.75, 3.05) is 0 Å². The van der Waals surface area contributed by atoms with Gasteiger partial charge >= 0.3 is 0 Å². The highest BCUT2D eigenvalue weighted by atomic mass is 32.1. The van der Waals surface area contributed by atoms with Crippen molar-refractivity contribution in [1.82, 2.24) is 20.3 Å². The molecule has 1 unspecified atom stereocenters. The van der Waals surface area contributed by atoms with Crippen LogP contribution in [0.4, 0.5) is 0 Å². The summed E-state index contributed by atoms with van der Waals surface area (Å²) in [6, 6.07) is 7.53. The van der Waals surface area contributed by atoms with Crippen LogP contribution >= 0.6 is 11.3 Å². The average Bonchev–Trinajstić information content (AvgIpc) is 3.18. The van der Waals surface area contributed by atoms with Gasteiger partial charge in [0.2, 0.25) is 0 Å². The predicted octanol–water partition coefficient (Wildman–Crippen LogP) is 2.26. The maximum Gasteiger partial charge on any atom is 0.287 e. The summed E-state index contributed by atoms with van der Waals surface area (Å²) < 4.78 is 0. The van der Waals surface area contributed by atoms with E-state index in [1.807, 2.05) is 23.6 Å². The first-order valence-corrected chi connectivity index (χ1v) is 8.42. The highest BCUT2D eigenvalue weighted by Gasteiger charge is 2.36. The number of carbonyl (C=O) groups is 1. The molecule has 1 aliphatic carbocycles. The number of imidazole rings is 1. The molecule has 0 saturated heterocycles. The van der Waals surface area contributed by atoms with Crippen LogP contribution in [-0.2, 0) is 0 Å². The van der Waals surface area contributed by atoms with E-state index in [-0.39, 0.29) is 29.8 Å². The normalized spacial score (nSPS) is 21.8. The average molecular weight is 328 g/mol. The van der Waals surface area contributed by atoms with E-state index < -0.39 is 0 Å². The molecule has 3 heterocycles. The Morgan fingerprint density at radius 1 is 1.39 bits per heavy atom. The molecule has 0 aliphatic heterocycles. The monoisotopic (exact) mass is 328 g/mol. The number of amides is 1. The first-order valence-electron chi connectivity index (χ1n) is 7.54. The molecule has 1 amide bonds. The molecular formula is C16H16N4O2S. The second-order valence-corrected chi connectivity index (χ2v) is 6.79. The molecule has 3 aromatic heterocycles. The molecular weight excluding hydrogens is 312 g/mol. The van der Waals surface area contributed by atoms with E-state index in [0.717, 1.165) is 10.4 Å². The molecule has 0 aromatic carbocycles. The third-order valence-corrected chi connectivity index (χ3v) is 5.19. The number of aromatic amines is 1. The van der Waals surface area contributed by atoms with Crippen molar-refractivity contribution in [3.8, 4) is 0 Å². The minimum atomic E-state index is -0.255. The quantitative estimate of drug-likeness (QED) is 0.685. The number of aliphatic hydroxyl groups is 1. The minimum Gasteiger partial charge on any atom is -0.393 e. The Labute approximate surface area is 136 Å². The van der Waals surface area contributed by atoms with E-state index in [9.17, 15) is 9.90 Å². The van der Waals surface area contributed by atoms with Crippen molar-refractivity contribution in [1.29, 1.82) is 0 Å². The fraction of sp³-hybridized carbons (Fsp3) is 0.312. The van der Waals surface area contributed by atoms with Crippen LogP contribution in [0.3, 0.4) is 0 Å². The van der Waals surface area contributed by atoms with E-state index in [0.29, 0.717) is 18.5 Å². The van der Waals surface area contributed by atoms with Crippen LogP contribution in [0.15, 0.2) is 35.8 Å². The summed E-state index contributed by atoms with van der Waals surface area (Å²) >= 11 is 1.61. The molecule has 23 heavy (non-hydrogen) atoms. The van der Waals surface area contributed by atoms with Gasteiger partial charge in [-0.15, -0.1) is 11.3 Å². The second kappa shape index (κ2) is 5.75. The van der Waals surface area contributed by atoms with Crippen LogP contribution in [0, 0.1) is 5.92 Å². The maximum atomic E-state index is 12.6. The SMILES string of the molecule is O=C(NC(c1cccs1)C1CC(O)C1)c1nc2ncccc2[nH]1. The summed E-state index contributed by atoms with van der Waals surface area (Å²) in [6.07, 6.45) is 2.82. The Morgan fingerprint density at radius 2 is 2.26 bits per heavy atom. The van der Waals surface area contributed by atoms with Crippen molar-refractivity contribution in [2.24, 2.45) is 5.92 Å². The number of pyridine rings is 1. The number of aliphatic hydroxyl groups excluding tert-OH is 1. The van der Waals surface area contributed by atoms with Gasteiger partial charge in [0.25, 0.3) is 5.91 Å². The van der Waals surface area contributed by atoms with E-state index in [1.165, 1.54) is 0 Å². The zero-order chi connectivity index (χ0) is 15.8. The van der Waals surface area contributed by atoms with Gasteiger partial charge in [0.05, 0.1) is 17.7 Å². The van der Waals surface area contributed by atoms with Gasteiger partial charge in [0, 0.05) is 11.1 Å². The Balaban J connectivity index is 1.57. The molecule has 3 aromatic rings. The van der Waals surface area contributed by atoms with E-state index in [1.54, 1.807) is 23.6 Å². The number of hydrogen-bond donors (Lipinski definition) is 3. The van der Waals surface area contributed by atoms with E-state index >= 15 is 0 Å². The van der Waals surface area contributed by atoms with Crippen LogP contribution in [0.1, 0.15) is 34.4 Å². The molecule has 0 radical (unpaired) electrons. The summed E-state index contributed by atoms with van der Waals surface area (Å²) in [4.78, 5) is 25.0. The number of carbonyl (C=O) groups excluding carboxylic acids is 1. The predicted molar refractivity (Wildman–Crippen MR) is 87.1 cm³/mol. The van der Waals surface area contributed by atoms with E-state index in [4.69, 9.17) is 0 Å². The van der Waals surface area contributed by atoms with Gasteiger partial charge in [-0.1, -0.05) is 6.07 Å². The standard InChI is InChI=1S/C16H16N4O2S/c21-10-7-9(8-10)13(12-4-2-6-23-12)19-16(22)15-18-11-3-1-5-17-14(11)20-15/h1-6,9-10,13,21H,7-8H2,(H,19,22)(H,17,18,20). The molecule has 4 rings (SSSR count). The van der Waals surface area contributed by atoms with Gasteiger partial charge in [-0.05, 0) is 42.3 Å². The number of fused-ring (bicyclic) bond motifs is 1. The molecule has 6 nitrogen and oxygen atoms in total. The lowest BCUT2D eigenvalue weighted by molar-refractivity contribution is 0.0240. The van der Waals surface area contributed by atoms with Crippen LogP contribution in [0.2, 0.25) is 0 Å². The highest BCUT2D eigenvalue weighted by molar-refractivity contribution is 7.10. The van der Waals surface area contributed by atoms with Gasteiger partial charge in [-0.3, -0.25) is 4.79 Å². The molecule has 118 valence electrons. The molecule has 1 atom stereocenters. The maximum absolute atomic E-state index is 12.6. The van der Waals surface area contributed by atoms with Crippen molar-refractivity contribution < 1.29 is 9.90 Å². The third-order valence-electron chi connectivity index (χ3n) is 4.23. The Bertz CT molecular complexity index is 791. The minimum absolute atomic E-state index is 0.0907. The summed E-state index contributed by atoms with van der Waals surface area (Å²) in [5, 5.41) is 14.6. The summed E-state index contributed by atoms with van der Waals surface area (Å²) in [7, 11) is 0. The number of rotatable bonds is 4. The first kappa shape index (κ1) is 14.3. The van der Waals surface area contributed by atoms with Crippen LogP contribution < -0.4 is 5.32 Å². The lowest BCUT2D eigenvalue weighted by Crippen LogP contribution is -2.41. The van der Waals surface area contributed by atoms with Gasteiger partial charge in [-0.25, -0.2) is 9.97 Å². The summed E-state index contributed by atoms with van der Waals surface area (Å²) in [5.74, 6) is 0.276. The number of hydrogen-bond acceptors (Lipinski definition) is 5. The fourth-order valence-corrected chi connectivity index (χ4v) is 3.82. The summed E-state index contributed by atoms with van der Waals surface area (Å²) in [6.45, 7) is 0. The lowest BCUT2D eigenvalue weighted by Gasteiger charge is -2.37. The van der Waals surface area contributed by atoms with Crippen LogP contribution in [-0.4, -0.2) is 32.1 Å². The van der Waals surface area contributed by atoms with Gasteiger partial charge in [-0.2, -0.15) is 0 Å². The molecule has 0 bridgehead atoms.